The Kier molecular flexibility index (Phi) is 5.66. The van der Waals surface area contributed by atoms with Crippen LogP contribution in [0.15, 0.2) is 59.5 Å². The molecular formula is C22H20ClF3N4O. The molecule has 0 atom stereocenters. The van der Waals surface area contributed by atoms with Gasteiger partial charge < -0.3 is 9.80 Å². The minimum atomic E-state index is -4.51. The average molecular weight is 449 g/mol. The Morgan fingerprint density at radius 1 is 0.935 bits per heavy atom. The van der Waals surface area contributed by atoms with Crippen LogP contribution >= 0.6 is 11.6 Å². The first-order chi connectivity index (χ1) is 14.8. The maximum Gasteiger partial charge on any atom is 0.416 e. The van der Waals surface area contributed by atoms with Gasteiger partial charge in [-0.15, -0.1) is 0 Å². The molecule has 0 aliphatic carbocycles. The number of benzene rings is 2. The first kappa shape index (κ1) is 21.2. The van der Waals surface area contributed by atoms with Crippen LogP contribution in [0.25, 0.3) is 5.69 Å². The van der Waals surface area contributed by atoms with Crippen molar-refractivity contribution in [2.24, 2.45) is 0 Å². The number of nitrogens with zero attached hydrogens (tertiary/aromatic N) is 4. The fourth-order valence-electron chi connectivity index (χ4n) is 3.75. The van der Waals surface area contributed by atoms with Crippen LogP contribution in [0, 0.1) is 6.92 Å². The Balaban J connectivity index is 1.57. The molecule has 1 aromatic heterocycles. The van der Waals surface area contributed by atoms with Crippen molar-refractivity contribution in [3.05, 3.63) is 81.2 Å². The maximum atomic E-state index is 13.0. The first-order valence-electron chi connectivity index (χ1n) is 9.76. The zero-order valence-electron chi connectivity index (χ0n) is 16.7. The van der Waals surface area contributed by atoms with Gasteiger partial charge in [-0.2, -0.15) is 23.0 Å². The Morgan fingerprint density at radius 2 is 1.58 bits per heavy atom. The second-order valence-electron chi connectivity index (χ2n) is 7.37. The summed E-state index contributed by atoms with van der Waals surface area (Å²) in [6.45, 7) is 4.84. The fraction of sp³-hybridized carbons (Fsp3) is 0.273. The monoisotopic (exact) mass is 448 g/mol. The van der Waals surface area contributed by atoms with Gasteiger partial charge in [-0.1, -0.05) is 35.9 Å². The highest BCUT2D eigenvalue weighted by Gasteiger charge is 2.31. The van der Waals surface area contributed by atoms with Gasteiger partial charge in [0.25, 0.3) is 5.56 Å². The SMILES string of the molecule is Cc1ccccc1N1CCN(c2cnn(-c3cccc(C(F)(F)F)c3)c(=O)c2Cl)CC1. The van der Waals surface area contributed by atoms with Gasteiger partial charge in [0.15, 0.2) is 0 Å². The van der Waals surface area contributed by atoms with E-state index in [1.54, 1.807) is 0 Å². The highest BCUT2D eigenvalue weighted by Crippen LogP contribution is 2.30. The molecule has 9 heteroatoms. The molecular weight excluding hydrogens is 429 g/mol. The number of rotatable bonds is 3. The number of aryl methyl sites for hydroxylation is 1. The van der Waals surface area contributed by atoms with Crippen molar-refractivity contribution >= 4 is 23.0 Å². The Bertz CT molecular complexity index is 1150. The molecule has 5 nitrogen and oxygen atoms in total. The smallest absolute Gasteiger partial charge is 0.368 e. The summed E-state index contributed by atoms with van der Waals surface area (Å²) in [5, 5.41) is 4.04. The van der Waals surface area contributed by atoms with Gasteiger partial charge in [-0.3, -0.25) is 4.79 Å². The van der Waals surface area contributed by atoms with E-state index in [9.17, 15) is 18.0 Å². The summed E-state index contributed by atoms with van der Waals surface area (Å²) in [6, 6.07) is 12.6. The Morgan fingerprint density at radius 3 is 2.23 bits per heavy atom. The van der Waals surface area contributed by atoms with Crippen LogP contribution in [0.3, 0.4) is 0 Å². The molecule has 1 fully saturated rings. The molecule has 0 N–H and O–H groups in total. The standard InChI is InChI=1S/C22H20ClF3N4O/c1-15-5-2-3-8-18(15)28-9-11-29(12-10-28)19-14-27-30(21(31)20(19)23)17-7-4-6-16(13-17)22(24,25)26/h2-8,13-14H,9-12H2,1H3. The molecule has 0 unspecified atom stereocenters. The van der Waals surface area contributed by atoms with Crippen LogP contribution in [0.1, 0.15) is 11.1 Å². The van der Waals surface area contributed by atoms with Crippen molar-refractivity contribution in [1.29, 1.82) is 0 Å². The number of anilines is 2. The van der Waals surface area contributed by atoms with Crippen LogP contribution in [0.5, 0.6) is 0 Å². The minimum absolute atomic E-state index is 0.0117. The van der Waals surface area contributed by atoms with Gasteiger partial charge in [0.2, 0.25) is 0 Å². The van der Waals surface area contributed by atoms with E-state index >= 15 is 0 Å². The van der Waals surface area contributed by atoms with Crippen molar-refractivity contribution in [2.75, 3.05) is 36.0 Å². The third-order valence-electron chi connectivity index (χ3n) is 5.40. The Hall–Kier alpha value is -3.00. The number of halogens is 4. The molecule has 1 aliphatic heterocycles. The molecule has 162 valence electrons. The van der Waals surface area contributed by atoms with Gasteiger partial charge in [-0.05, 0) is 36.8 Å². The molecule has 0 radical (unpaired) electrons. The molecule has 0 amide bonds. The van der Waals surface area contributed by atoms with Gasteiger partial charge in [0.1, 0.15) is 5.02 Å². The Labute approximate surface area is 182 Å². The fourth-order valence-corrected chi connectivity index (χ4v) is 4.00. The number of piperazine rings is 1. The minimum Gasteiger partial charge on any atom is -0.368 e. The van der Waals surface area contributed by atoms with E-state index in [2.05, 4.69) is 29.1 Å². The maximum absolute atomic E-state index is 13.0. The molecule has 0 bridgehead atoms. The number of alkyl halides is 3. The van der Waals surface area contributed by atoms with Crippen molar-refractivity contribution < 1.29 is 13.2 Å². The van der Waals surface area contributed by atoms with E-state index in [0.717, 1.165) is 29.9 Å². The highest BCUT2D eigenvalue weighted by atomic mass is 35.5. The predicted octanol–water partition coefficient (Wildman–Crippen LogP) is 4.54. The topological polar surface area (TPSA) is 41.4 Å². The van der Waals surface area contributed by atoms with E-state index < -0.39 is 17.3 Å². The molecule has 31 heavy (non-hydrogen) atoms. The van der Waals surface area contributed by atoms with Gasteiger partial charge in [0, 0.05) is 31.9 Å². The summed E-state index contributed by atoms with van der Waals surface area (Å²) in [4.78, 5) is 17.0. The molecule has 2 aromatic carbocycles. The normalized spacial score (nSPS) is 14.7. The number of hydrogen-bond acceptors (Lipinski definition) is 4. The van der Waals surface area contributed by atoms with Crippen LogP contribution in [0.4, 0.5) is 24.5 Å². The van der Waals surface area contributed by atoms with Gasteiger partial charge in [-0.25, -0.2) is 0 Å². The third kappa shape index (κ3) is 4.25. The van der Waals surface area contributed by atoms with Crippen molar-refractivity contribution in [2.45, 2.75) is 13.1 Å². The molecule has 1 aliphatic rings. The lowest BCUT2D eigenvalue weighted by atomic mass is 10.1. The third-order valence-corrected chi connectivity index (χ3v) is 5.75. The summed E-state index contributed by atoms with van der Waals surface area (Å²) in [5.74, 6) is 0. The largest absolute Gasteiger partial charge is 0.416 e. The predicted molar refractivity (Wildman–Crippen MR) is 115 cm³/mol. The average Bonchev–Trinajstić information content (AvgIpc) is 2.76. The second kappa shape index (κ2) is 8.26. The second-order valence-corrected chi connectivity index (χ2v) is 7.75. The van der Waals surface area contributed by atoms with Crippen LogP contribution in [0.2, 0.25) is 5.02 Å². The zero-order valence-corrected chi connectivity index (χ0v) is 17.5. The highest BCUT2D eigenvalue weighted by molar-refractivity contribution is 6.33. The summed E-state index contributed by atoms with van der Waals surface area (Å²) in [6.07, 6.45) is -3.08. The summed E-state index contributed by atoms with van der Waals surface area (Å²) in [7, 11) is 0. The van der Waals surface area contributed by atoms with E-state index in [-0.39, 0.29) is 10.7 Å². The van der Waals surface area contributed by atoms with Crippen LogP contribution < -0.4 is 15.4 Å². The van der Waals surface area contributed by atoms with Crippen molar-refractivity contribution in [3.63, 3.8) is 0 Å². The molecule has 4 rings (SSSR count). The van der Waals surface area contributed by atoms with E-state index in [4.69, 9.17) is 11.6 Å². The summed E-state index contributed by atoms with van der Waals surface area (Å²) in [5.41, 5.74) is 1.36. The molecule has 0 spiro atoms. The van der Waals surface area contributed by atoms with Gasteiger partial charge in [0.05, 0.1) is 23.1 Å². The summed E-state index contributed by atoms with van der Waals surface area (Å²) >= 11 is 6.34. The van der Waals surface area contributed by atoms with Crippen molar-refractivity contribution in [1.82, 2.24) is 9.78 Å². The number of aromatic nitrogens is 2. The lowest BCUT2D eigenvalue weighted by molar-refractivity contribution is -0.137. The van der Waals surface area contributed by atoms with E-state index in [1.807, 2.05) is 17.0 Å². The summed E-state index contributed by atoms with van der Waals surface area (Å²) < 4.78 is 39.9. The number of hydrogen-bond donors (Lipinski definition) is 0. The van der Waals surface area contributed by atoms with E-state index in [1.165, 1.54) is 29.6 Å². The lowest BCUT2D eigenvalue weighted by Gasteiger charge is -2.38. The quantitative estimate of drug-likeness (QED) is 0.590. The van der Waals surface area contributed by atoms with Crippen LogP contribution in [-0.4, -0.2) is 36.0 Å². The molecule has 1 saturated heterocycles. The van der Waals surface area contributed by atoms with Crippen LogP contribution in [-0.2, 0) is 6.18 Å². The lowest BCUT2D eigenvalue weighted by Crippen LogP contribution is -2.47. The molecule has 3 aromatic rings. The van der Waals surface area contributed by atoms with E-state index in [0.29, 0.717) is 18.8 Å². The molecule has 2 heterocycles. The van der Waals surface area contributed by atoms with Crippen molar-refractivity contribution in [3.8, 4) is 5.69 Å². The molecule has 0 saturated carbocycles. The van der Waals surface area contributed by atoms with Gasteiger partial charge >= 0.3 is 6.18 Å². The number of para-hydroxylation sites is 1. The zero-order chi connectivity index (χ0) is 22.2. The first-order valence-corrected chi connectivity index (χ1v) is 10.1.